The van der Waals surface area contributed by atoms with E-state index in [1.165, 1.54) is 12.8 Å². The second kappa shape index (κ2) is 6.58. The molecule has 3 aliphatic heterocycles. The minimum absolute atomic E-state index is 0.214. The standard InChI is InChI=1S/C23H25N3O2/c1-14-9-18(15(2)26(14)17-5-3-16(10-24)4-6-17)23(27)11-25-21-7-8-22(25)20-13-28-12-19(20)21/h3-6,9,19-22H,7-8,11-13H2,1-2H3/t19-,20+,21-,22+. The third-order valence-corrected chi connectivity index (χ3v) is 7.08. The van der Waals surface area contributed by atoms with Gasteiger partial charge in [0.25, 0.3) is 0 Å². The normalized spacial score (nSPS) is 28.5. The summed E-state index contributed by atoms with van der Waals surface area (Å²) in [5.74, 6) is 1.46. The molecule has 0 saturated carbocycles. The van der Waals surface area contributed by atoms with Crippen LogP contribution in [0.15, 0.2) is 30.3 Å². The highest BCUT2D eigenvalue weighted by Crippen LogP contribution is 2.48. The highest BCUT2D eigenvalue weighted by molar-refractivity contribution is 5.99. The van der Waals surface area contributed by atoms with Crippen LogP contribution in [0.2, 0.25) is 0 Å². The van der Waals surface area contributed by atoms with E-state index in [-0.39, 0.29) is 5.78 Å². The predicted octanol–water partition coefficient (Wildman–Crippen LogP) is 3.26. The quantitative estimate of drug-likeness (QED) is 0.770. The molecule has 3 fully saturated rings. The number of hydrogen-bond acceptors (Lipinski definition) is 4. The first-order chi connectivity index (χ1) is 13.6. The number of aromatic nitrogens is 1. The van der Waals surface area contributed by atoms with Gasteiger partial charge in [-0.1, -0.05) is 0 Å². The Morgan fingerprint density at radius 1 is 1.14 bits per heavy atom. The molecule has 3 aliphatic rings. The van der Waals surface area contributed by atoms with Gasteiger partial charge >= 0.3 is 0 Å². The van der Waals surface area contributed by atoms with Crippen molar-refractivity contribution in [2.75, 3.05) is 19.8 Å². The summed E-state index contributed by atoms with van der Waals surface area (Å²) in [6.07, 6.45) is 2.40. The van der Waals surface area contributed by atoms with Crippen molar-refractivity contribution in [3.05, 3.63) is 52.8 Å². The molecule has 2 aromatic rings. The maximum atomic E-state index is 13.2. The molecular formula is C23H25N3O2. The van der Waals surface area contributed by atoms with Crippen molar-refractivity contribution in [1.29, 1.82) is 5.26 Å². The molecule has 0 spiro atoms. The first kappa shape index (κ1) is 17.7. The highest BCUT2D eigenvalue weighted by atomic mass is 16.5. The van der Waals surface area contributed by atoms with Gasteiger partial charge in [-0.05, 0) is 57.0 Å². The summed E-state index contributed by atoms with van der Waals surface area (Å²) in [4.78, 5) is 15.7. The van der Waals surface area contributed by atoms with Crippen LogP contribution >= 0.6 is 0 Å². The predicted molar refractivity (Wildman–Crippen MR) is 106 cm³/mol. The Morgan fingerprint density at radius 2 is 1.79 bits per heavy atom. The molecular weight excluding hydrogens is 350 g/mol. The summed E-state index contributed by atoms with van der Waals surface area (Å²) >= 11 is 0. The molecule has 0 aliphatic carbocycles. The average Bonchev–Trinajstić information content (AvgIpc) is 3.44. The lowest BCUT2D eigenvalue weighted by atomic mass is 9.82. The van der Waals surface area contributed by atoms with Crippen LogP contribution in [0.4, 0.5) is 0 Å². The summed E-state index contributed by atoms with van der Waals surface area (Å²) in [6.45, 7) is 6.29. The number of ether oxygens (including phenoxy) is 1. The van der Waals surface area contributed by atoms with Gasteiger partial charge in [0.1, 0.15) is 0 Å². The van der Waals surface area contributed by atoms with E-state index >= 15 is 0 Å². The number of fused-ring (bicyclic) bond motifs is 5. The van der Waals surface area contributed by atoms with Gasteiger partial charge in [0.2, 0.25) is 0 Å². The first-order valence-electron chi connectivity index (χ1n) is 10.1. The van der Waals surface area contributed by atoms with Gasteiger partial charge in [-0.2, -0.15) is 5.26 Å². The average molecular weight is 375 g/mol. The molecule has 5 nitrogen and oxygen atoms in total. The fraction of sp³-hybridized carbons (Fsp3) is 0.478. The van der Waals surface area contributed by atoms with Crippen molar-refractivity contribution in [1.82, 2.24) is 9.47 Å². The molecule has 0 unspecified atom stereocenters. The van der Waals surface area contributed by atoms with Crippen LogP contribution in [0.25, 0.3) is 5.69 Å². The van der Waals surface area contributed by atoms with E-state index in [9.17, 15) is 4.79 Å². The van der Waals surface area contributed by atoms with Gasteiger partial charge in [0, 0.05) is 46.6 Å². The van der Waals surface area contributed by atoms with Crippen molar-refractivity contribution in [3.8, 4) is 11.8 Å². The Balaban J connectivity index is 1.40. The molecule has 1 aromatic carbocycles. The van der Waals surface area contributed by atoms with Gasteiger partial charge in [0.05, 0.1) is 31.4 Å². The number of carbonyl (C=O) groups excluding carboxylic acids is 1. The van der Waals surface area contributed by atoms with Crippen LogP contribution < -0.4 is 0 Å². The van der Waals surface area contributed by atoms with Crippen molar-refractivity contribution in [3.63, 3.8) is 0 Å². The van der Waals surface area contributed by atoms with Crippen LogP contribution in [-0.2, 0) is 4.74 Å². The number of carbonyl (C=O) groups is 1. The second-order valence-corrected chi connectivity index (χ2v) is 8.45. The Labute approximate surface area is 165 Å². The lowest BCUT2D eigenvalue weighted by Crippen LogP contribution is -2.37. The van der Waals surface area contributed by atoms with Crippen LogP contribution in [0.3, 0.4) is 0 Å². The molecule has 3 saturated heterocycles. The highest BCUT2D eigenvalue weighted by Gasteiger charge is 2.55. The van der Waals surface area contributed by atoms with E-state index in [4.69, 9.17) is 10.00 Å². The largest absolute Gasteiger partial charge is 0.381 e. The molecule has 28 heavy (non-hydrogen) atoms. The number of ketones is 1. The molecule has 5 heteroatoms. The van der Waals surface area contributed by atoms with E-state index in [0.29, 0.717) is 36.0 Å². The zero-order valence-electron chi connectivity index (χ0n) is 16.4. The lowest BCUT2D eigenvalue weighted by molar-refractivity contribution is 0.0863. The van der Waals surface area contributed by atoms with E-state index < -0.39 is 0 Å². The number of hydrogen-bond donors (Lipinski definition) is 0. The van der Waals surface area contributed by atoms with Gasteiger partial charge < -0.3 is 9.30 Å². The molecule has 0 radical (unpaired) electrons. The minimum Gasteiger partial charge on any atom is -0.381 e. The summed E-state index contributed by atoms with van der Waals surface area (Å²) in [7, 11) is 0. The van der Waals surface area contributed by atoms with E-state index in [2.05, 4.69) is 15.5 Å². The van der Waals surface area contributed by atoms with Crippen LogP contribution in [-0.4, -0.2) is 47.1 Å². The topological polar surface area (TPSA) is 58.3 Å². The zero-order chi connectivity index (χ0) is 19.4. The van der Waals surface area contributed by atoms with Gasteiger partial charge in [0.15, 0.2) is 5.78 Å². The molecule has 0 N–H and O–H groups in total. The van der Waals surface area contributed by atoms with Crippen LogP contribution in [0, 0.1) is 37.0 Å². The maximum absolute atomic E-state index is 13.2. The molecule has 5 rings (SSSR count). The number of nitrogens with zero attached hydrogens (tertiary/aromatic N) is 3. The summed E-state index contributed by atoms with van der Waals surface area (Å²) < 4.78 is 7.81. The number of benzene rings is 1. The fourth-order valence-corrected chi connectivity index (χ4v) is 5.83. The van der Waals surface area contributed by atoms with Crippen molar-refractivity contribution >= 4 is 5.78 Å². The van der Waals surface area contributed by atoms with E-state index in [1.807, 2.05) is 44.2 Å². The van der Waals surface area contributed by atoms with Gasteiger partial charge in [-0.15, -0.1) is 0 Å². The molecule has 144 valence electrons. The minimum atomic E-state index is 0.214. The van der Waals surface area contributed by atoms with Crippen molar-refractivity contribution < 1.29 is 9.53 Å². The van der Waals surface area contributed by atoms with Gasteiger partial charge in [-0.25, -0.2) is 0 Å². The van der Waals surface area contributed by atoms with Crippen molar-refractivity contribution in [2.24, 2.45) is 11.8 Å². The molecule has 1 aromatic heterocycles. The third-order valence-electron chi connectivity index (χ3n) is 7.08. The number of Topliss-reactive ketones (excluding diaryl/α,β-unsaturated/α-hetero) is 1. The summed E-state index contributed by atoms with van der Waals surface area (Å²) in [6, 6.07) is 12.7. The number of nitriles is 1. The van der Waals surface area contributed by atoms with Crippen LogP contribution in [0.5, 0.6) is 0 Å². The molecule has 0 amide bonds. The zero-order valence-corrected chi connectivity index (χ0v) is 16.4. The molecule has 2 bridgehead atoms. The maximum Gasteiger partial charge on any atom is 0.178 e. The summed E-state index contributed by atoms with van der Waals surface area (Å²) in [5, 5.41) is 9.01. The van der Waals surface area contributed by atoms with E-state index in [1.54, 1.807) is 0 Å². The summed E-state index contributed by atoms with van der Waals surface area (Å²) in [5.41, 5.74) is 4.46. The Bertz CT molecular complexity index is 951. The number of rotatable bonds is 4. The number of aryl methyl sites for hydroxylation is 1. The third kappa shape index (κ3) is 2.56. The van der Waals surface area contributed by atoms with E-state index in [0.717, 1.165) is 35.9 Å². The molecule has 4 atom stereocenters. The Morgan fingerprint density at radius 3 is 2.39 bits per heavy atom. The fourth-order valence-electron chi connectivity index (χ4n) is 5.83. The SMILES string of the molecule is Cc1cc(C(=O)CN2[C@@H]3CC[C@H]2[C@H]2COC[C@H]23)c(C)n1-c1ccc(C#N)cc1. The first-order valence-corrected chi connectivity index (χ1v) is 10.1. The Kier molecular flexibility index (Phi) is 4.15. The lowest BCUT2D eigenvalue weighted by Gasteiger charge is -2.23. The van der Waals surface area contributed by atoms with Crippen LogP contribution in [0.1, 0.15) is 40.2 Å². The van der Waals surface area contributed by atoms with Gasteiger partial charge in [-0.3, -0.25) is 9.69 Å². The monoisotopic (exact) mass is 375 g/mol. The van der Waals surface area contributed by atoms with Crippen molar-refractivity contribution in [2.45, 2.75) is 38.8 Å². The smallest absolute Gasteiger partial charge is 0.178 e. The Hall–Kier alpha value is -2.42. The molecule has 4 heterocycles. The second-order valence-electron chi connectivity index (χ2n) is 8.45.